The lowest BCUT2D eigenvalue weighted by Gasteiger charge is -2.15. The topological polar surface area (TPSA) is 46.5 Å². The van der Waals surface area contributed by atoms with E-state index in [1.165, 1.54) is 0 Å². The fraction of sp³-hybridized carbons (Fsp3) is 0.417. The van der Waals surface area contributed by atoms with E-state index in [0.29, 0.717) is 12.1 Å². The molecule has 0 radical (unpaired) electrons. The first-order chi connectivity index (χ1) is 9.45. The highest BCUT2D eigenvalue weighted by Gasteiger charge is 2.37. The van der Waals surface area contributed by atoms with Crippen molar-refractivity contribution in [2.75, 3.05) is 7.11 Å². The quantitative estimate of drug-likeness (QED) is 0.689. The Bertz CT molecular complexity index is 488. The van der Waals surface area contributed by atoms with E-state index in [1.54, 1.807) is 0 Å². The predicted molar refractivity (Wildman–Crippen MR) is 58.2 cm³/mol. The molecular formula is C12H10F6O3. The van der Waals surface area contributed by atoms with Crippen molar-refractivity contribution in [2.24, 2.45) is 0 Å². The highest BCUT2D eigenvalue weighted by Crippen LogP contribution is 2.36. The Kier molecular flexibility index (Phi) is 4.87. The lowest BCUT2D eigenvalue weighted by molar-refractivity contribution is -0.150. The van der Waals surface area contributed by atoms with Crippen molar-refractivity contribution in [3.8, 4) is 0 Å². The summed E-state index contributed by atoms with van der Waals surface area (Å²) in [5.41, 5.74) is -3.50. The number of halogens is 6. The van der Waals surface area contributed by atoms with E-state index < -0.39 is 47.5 Å². The third-order valence-electron chi connectivity index (χ3n) is 2.55. The maximum absolute atomic E-state index is 12.6. The van der Waals surface area contributed by atoms with Gasteiger partial charge in [-0.05, 0) is 23.8 Å². The molecular weight excluding hydrogens is 306 g/mol. The molecule has 0 spiro atoms. The molecule has 1 aromatic carbocycles. The molecule has 9 heteroatoms. The summed E-state index contributed by atoms with van der Waals surface area (Å²) in [4.78, 5) is 11.0. The number of carbonyl (C=O) groups is 1. The second-order valence-electron chi connectivity index (χ2n) is 4.16. The fourth-order valence-corrected chi connectivity index (χ4v) is 1.58. The molecule has 0 aliphatic carbocycles. The van der Waals surface area contributed by atoms with Crippen LogP contribution in [0.5, 0.6) is 0 Å². The van der Waals surface area contributed by atoms with Crippen molar-refractivity contribution in [3.05, 3.63) is 34.9 Å². The number of benzene rings is 1. The third-order valence-corrected chi connectivity index (χ3v) is 2.55. The lowest BCUT2D eigenvalue weighted by atomic mass is 10.0. The summed E-state index contributed by atoms with van der Waals surface area (Å²) in [6, 6.07) is 0.858. The third kappa shape index (κ3) is 4.62. The number of ether oxygens (including phenoxy) is 1. The molecule has 0 amide bonds. The standard InChI is InChI=1S/C12H10F6O3/c1-21-10(20)9(19)4-6-2-7(11(13,14)15)5-8(3-6)12(16,17)18/h2-3,5,9,19H,4H2,1H3. The number of rotatable bonds is 3. The van der Waals surface area contributed by atoms with Crippen LogP contribution in [0.2, 0.25) is 0 Å². The Hall–Kier alpha value is -1.77. The highest BCUT2D eigenvalue weighted by molar-refractivity contribution is 5.74. The van der Waals surface area contributed by atoms with Crippen molar-refractivity contribution < 1.29 is 41.0 Å². The summed E-state index contributed by atoms with van der Waals surface area (Å²) in [6.45, 7) is 0. The van der Waals surface area contributed by atoms with Crippen molar-refractivity contribution >= 4 is 5.97 Å². The zero-order valence-electron chi connectivity index (χ0n) is 10.5. The number of esters is 1. The van der Waals surface area contributed by atoms with Crippen LogP contribution in [0.4, 0.5) is 26.3 Å². The summed E-state index contributed by atoms with van der Waals surface area (Å²) in [5, 5.41) is 9.32. The van der Waals surface area contributed by atoms with Crippen molar-refractivity contribution in [2.45, 2.75) is 24.9 Å². The van der Waals surface area contributed by atoms with Gasteiger partial charge in [-0.15, -0.1) is 0 Å². The van der Waals surface area contributed by atoms with Crippen LogP contribution in [0.3, 0.4) is 0 Å². The number of alkyl halides is 6. The maximum atomic E-state index is 12.6. The number of aliphatic hydroxyl groups excluding tert-OH is 1. The molecule has 0 aromatic heterocycles. The van der Waals surface area contributed by atoms with Crippen LogP contribution in [0.1, 0.15) is 16.7 Å². The Labute approximate surface area is 115 Å². The van der Waals surface area contributed by atoms with Crippen LogP contribution < -0.4 is 0 Å². The van der Waals surface area contributed by atoms with Crippen LogP contribution in [0.25, 0.3) is 0 Å². The van der Waals surface area contributed by atoms with Crippen LogP contribution in [0, 0.1) is 0 Å². The van der Waals surface area contributed by atoms with Crippen molar-refractivity contribution in [1.82, 2.24) is 0 Å². The summed E-state index contributed by atoms with van der Waals surface area (Å²) in [6.07, 6.45) is -12.5. The minimum Gasteiger partial charge on any atom is -0.467 e. The molecule has 0 fully saturated rings. The van der Waals surface area contributed by atoms with E-state index in [9.17, 15) is 36.2 Å². The molecule has 3 nitrogen and oxygen atoms in total. The smallest absolute Gasteiger partial charge is 0.416 e. The van der Waals surface area contributed by atoms with Gasteiger partial charge in [0.2, 0.25) is 0 Å². The molecule has 0 saturated heterocycles. The molecule has 1 N–H and O–H groups in total. The van der Waals surface area contributed by atoms with Gasteiger partial charge in [0.05, 0.1) is 18.2 Å². The van der Waals surface area contributed by atoms with Crippen LogP contribution in [-0.2, 0) is 28.3 Å². The monoisotopic (exact) mass is 316 g/mol. The first-order valence-corrected chi connectivity index (χ1v) is 5.49. The fourth-order valence-electron chi connectivity index (χ4n) is 1.58. The van der Waals surface area contributed by atoms with Gasteiger partial charge < -0.3 is 9.84 Å². The summed E-state index contributed by atoms with van der Waals surface area (Å²) in [7, 11) is 0.929. The van der Waals surface area contributed by atoms with Crippen molar-refractivity contribution in [1.29, 1.82) is 0 Å². The average molecular weight is 316 g/mol. The Balaban J connectivity index is 3.23. The number of hydrogen-bond donors (Lipinski definition) is 1. The molecule has 0 aliphatic rings. The largest absolute Gasteiger partial charge is 0.467 e. The first-order valence-electron chi connectivity index (χ1n) is 5.49. The van der Waals surface area contributed by atoms with Gasteiger partial charge in [-0.3, -0.25) is 0 Å². The van der Waals surface area contributed by atoms with Gasteiger partial charge in [0.1, 0.15) is 0 Å². The zero-order chi connectivity index (χ0) is 16.4. The number of aliphatic hydroxyl groups is 1. The highest BCUT2D eigenvalue weighted by atomic mass is 19.4. The normalized spacial score (nSPS) is 13.9. The summed E-state index contributed by atoms with van der Waals surface area (Å²) < 4.78 is 79.6. The van der Waals surface area contributed by atoms with E-state index in [0.717, 1.165) is 7.11 Å². The molecule has 0 aliphatic heterocycles. The van der Waals surface area contributed by atoms with Crippen LogP contribution in [-0.4, -0.2) is 24.3 Å². The summed E-state index contributed by atoms with van der Waals surface area (Å²) >= 11 is 0. The van der Waals surface area contributed by atoms with E-state index in [4.69, 9.17) is 0 Å². The number of hydrogen-bond acceptors (Lipinski definition) is 3. The lowest BCUT2D eigenvalue weighted by Crippen LogP contribution is -2.24. The number of methoxy groups -OCH3 is 1. The van der Waals surface area contributed by atoms with Gasteiger partial charge in [0.15, 0.2) is 6.10 Å². The zero-order valence-corrected chi connectivity index (χ0v) is 10.5. The molecule has 1 aromatic rings. The minimum absolute atomic E-state index is 0.0337. The molecule has 0 bridgehead atoms. The molecule has 118 valence electrons. The van der Waals surface area contributed by atoms with Gasteiger partial charge in [-0.1, -0.05) is 0 Å². The number of carbonyl (C=O) groups excluding carboxylic acids is 1. The maximum Gasteiger partial charge on any atom is 0.416 e. The molecule has 0 heterocycles. The van der Waals surface area contributed by atoms with Gasteiger partial charge in [-0.2, -0.15) is 26.3 Å². The second-order valence-corrected chi connectivity index (χ2v) is 4.16. The molecule has 1 rings (SSSR count). The van der Waals surface area contributed by atoms with Crippen LogP contribution in [0.15, 0.2) is 18.2 Å². The predicted octanol–water partition coefficient (Wildman–Crippen LogP) is 2.80. The van der Waals surface area contributed by atoms with E-state index >= 15 is 0 Å². The molecule has 21 heavy (non-hydrogen) atoms. The molecule has 1 atom stereocenters. The van der Waals surface area contributed by atoms with Gasteiger partial charge in [-0.25, -0.2) is 4.79 Å². The molecule has 1 unspecified atom stereocenters. The van der Waals surface area contributed by atoms with Gasteiger partial charge in [0, 0.05) is 6.42 Å². The minimum atomic E-state index is -4.98. The second kappa shape index (κ2) is 5.92. The SMILES string of the molecule is COC(=O)C(O)Cc1cc(C(F)(F)F)cc(C(F)(F)F)c1. The van der Waals surface area contributed by atoms with E-state index in [1.807, 2.05) is 0 Å². The van der Waals surface area contributed by atoms with Gasteiger partial charge in [0.25, 0.3) is 0 Å². The Morgan fingerprint density at radius 3 is 1.86 bits per heavy atom. The Morgan fingerprint density at radius 1 is 1.10 bits per heavy atom. The average Bonchev–Trinajstić information content (AvgIpc) is 2.35. The summed E-state index contributed by atoms with van der Waals surface area (Å²) in [5.74, 6) is -1.15. The van der Waals surface area contributed by atoms with E-state index in [-0.39, 0.29) is 6.07 Å². The Morgan fingerprint density at radius 2 is 1.52 bits per heavy atom. The van der Waals surface area contributed by atoms with Gasteiger partial charge >= 0.3 is 18.3 Å². The van der Waals surface area contributed by atoms with Crippen molar-refractivity contribution in [3.63, 3.8) is 0 Å². The van der Waals surface area contributed by atoms with Crippen LogP contribution >= 0.6 is 0 Å². The molecule has 0 saturated carbocycles. The first kappa shape index (κ1) is 17.3. The van der Waals surface area contributed by atoms with E-state index in [2.05, 4.69) is 4.74 Å².